The number of nitrogens with one attached hydrogen (secondary N) is 1. The number of carbonyl (C=O) groups excluding carboxylic acids is 2. The van der Waals surface area contributed by atoms with Crippen molar-refractivity contribution in [1.82, 2.24) is 5.32 Å². The van der Waals surface area contributed by atoms with E-state index in [4.69, 9.17) is 4.74 Å². The summed E-state index contributed by atoms with van der Waals surface area (Å²) >= 11 is 0. The third-order valence-corrected chi connectivity index (χ3v) is 1.62. The molecule has 1 amide bonds. The second kappa shape index (κ2) is 8.53. The summed E-state index contributed by atoms with van der Waals surface area (Å²) in [5.74, 6) is -0.184. The Morgan fingerprint density at radius 3 is 2.36 bits per heavy atom. The first-order valence-corrected chi connectivity index (χ1v) is 5.13. The molecule has 0 rings (SSSR count). The van der Waals surface area contributed by atoms with E-state index in [-0.39, 0.29) is 18.5 Å². The van der Waals surface area contributed by atoms with Gasteiger partial charge in [0.2, 0.25) is 5.91 Å². The van der Waals surface area contributed by atoms with Crippen molar-refractivity contribution < 1.29 is 14.3 Å². The van der Waals surface area contributed by atoms with Crippen molar-refractivity contribution in [3.8, 4) is 0 Å². The Kier molecular flexibility index (Phi) is 7.89. The van der Waals surface area contributed by atoms with Gasteiger partial charge in [0.25, 0.3) is 0 Å². The third kappa shape index (κ3) is 7.58. The van der Waals surface area contributed by atoms with E-state index in [1.165, 1.54) is 0 Å². The summed E-state index contributed by atoms with van der Waals surface area (Å²) in [6, 6.07) is 0. The summed E-state index contributed by atoms with van der Waals surface area (Å²) in [5, 5.41) is 2.66. The number of rotatable bonds is 7. The zero-order valence-electron chi connectivity index (χ0n) is 8.97. The molecule has 1 N–H and O–H groups in total. The molecule has 0 unspecified atom stereocenters. The average Bonchev–Trinajstić information content (AvgIpc) is 2.13. The van der Waals surface area contributed by atoms with Gasteiger partial charge in [-0.25, -0.2) is 0 Å². The Morgan fingerprint density at radius 1 is 1.14 bits per heavy atom. The van der Waals surface area contributed by atoms with E-state index in [9.17, 15) is 9.59 Å². The standard InChI is InChI=1S/C10H19NO3/c1-3-5-9(12)11-7-8-14-10(13)6-4-2/h3-8H2,1-2H3,(H,11,12). The zero-order chi connectivity index (χ0) is 10.8. The summed E-state index contributed by atoms with van der Waals surface area (Å²) in [6.07, 6.45) is 2.61. The first-order valence-electron chi connectivity index (χ1n) is 5.13. The summed E-state index contributed by atoms with van der Waals surface area (Å²) < 4.78 is 4.86. The van der Waals surface area contributed by atoms with Crippen molar-refractivity contribution in [1.29, 1.82) is 0 Å². The fourth-order valence-corrected chi connectivity index (χ4v) is 0.947. The molecular weight excluding hydrogens is 182 g/mol. The molecule has 0 aliphatic carbocycles. The van der Waals surface area contributed by atoms with Crippen molar-refractivity contribution in [3.05, 3.63) is 0 Å². The number of amides is 1. The maximum absolute atomic E-state index is 11.0. The quantitative estimate of drug-likeness (QED) is 0.498. The molecule has 0 aliphatic heterocycles. The topological polar surface area (TPSA) is 55.4 Å². The normalized spacial score (nSPS) is 9.57. The van der Waals surface area contributed by atoms with Crippen LogP contribution in [-0.4, -0.2) is 25.0 Å². The smallest absolute Gasteiger partial charge is 0.305 e. The Balaban J connectivity index is 3.28. The lowest BCUT2D eigenvalue weighted by molar-refractivity contribution is -0.143. The van der Waals surface area contributed by atoms with Crippen molar-refractivity contribution in [2.75, 3.05) is 13.2 Å². The molecule has 0 fully saturated rings. The number of hydrogen-bond donors (Lipinski definition) is 1. The van der Waals surface area contributed by atoms with Gasteiger partial charge in [-0.1, -0.05) is 13.8 Å². The lowest BCUT2D eigenvalue weighted by atomic mass is 10.3. The lowest BCUT2D eigenvalue weighted by Gasteiger charge is -2.05. The highest BCUT2D eigenvalue weighted by Gasteiger charge is 2.01. The molecule has 0 aromatic rings. The molecule has 0 saturated carbocycles. The molecule has 14 heavy (non-hydrogen) atoms. The molecule has 0 heterocycles. The Bertz CT molecular complexity index is 160. The second-order valence-corrected chi connectivity index (χ2v) is 3.07. The number of esters is 1. The van der Waals surface area contributed by atoms with Crippen LogP contribution in [0.5, 0.6) is 0 Å². The summed E-state index contributed by atoms with van der Waals surface area (Å²) in [4.78, 5) is 21.8. The van der Waals surface area contributed by atoms with Crippen LogP contribution >= 0.6 is 0 Å². The number of hydrogen-bond acceptors (Lipinski definition) is 3. The zero-order valence-corrected chi connectivity index (χ0v) is 8.97. The summed E-state index contributed by atoms with van der Waals surface area (Å²) in [7, 11) is 0. The van der Waals surface area contributed by atoms with Gasteiger partial charge in [-0.15, -0.1) is 0 Å². The minimum Gasteiger partial charge on any atom is -0.464 e. The SMILES string of the molecule is CCCC(=O)NCCOC(=O)CCC. The third-order valence-electron chi connectivity index (χ3n) is 1.62. The van der Waals surface area contributed by atoms with E-state index in [0.29, 0.717) is 19.4 Å². The molecule has 0 radical (unpaired) electrons. The van der Waals surface area contributed by atoms with E-state index in [1.54, 1.807) is 0 Å². The Labute approximate surface area is 85.0 Å². The van der Waals surface area contributed by atoms with Crippen LogP contribution in [0.4, 0.5) is 0 Å². The van der Waals surface area contributed by atoms with Crippen molar-refractivity contribution >= 4 is 11.9 Å². The van der Waals surface area contributed by atoms with E-state index < -0.39 is 0 Å². The van der Waals surface area contributed by atoms with Crippen LogP contribution < -0.4 is 5.32 Å². The van der Waals surface area contributed by atoms with E-state index in [0.717, 1.165) is 12.8 Å². The molecule has 0 spiro atoms. The van der Waals surface area contributed by atoms with E-state index in [2.05, 4.69) is 5.32 Å². The minimum atomic E-state index is -0.197. The summed E-state index contributed by atoms with van der Waals surface area (Å²) in [5.41, 5.74) is 0. The molecule has 0 bridgehead atoms. The van der Waals surface area contributed by atoms with Crippen LogP contribution in [-0.2, 0) is 14.3 Å². The van der Waals surface area contributed by atoms with Gasteiger partial charge in [-0.05, 0) is 12.8 Å². The highest BCUT2D eigenvalue weighted by atomic mass is 16.5. The number of ether oxygens (including phenoxy) is 1. The van der Waals surface area contributed by atoms with Gasteiger partial charge >= 0.3 is 5.97 Å². The van der Waals surface area contributed by atoms with Crippen molar-refractivity contribution in [2.45, 2.75) is 39.5 Å². The van der Waals surface area contributed by atoms with Crippen molar-refractivity contribution in [3.63, 3.8) is 0 Å². The molecule has 0 atom stereocenters. The highest BCUT2D eigenvalue weighted by Crippen LogP contribution is 1.90. The maximum Gasteiger partial charge on any atom is 0.305 e. The van der Waals surface area contributed by atoms with E-state index in [1.807, 2.05) is 13.8 Å². The van der Waals surface area contributed by atoms with Crippen LogP contribution in [0.15, 0.2) is 0 Å². The van der Waals surface area contributed by atoms with Crippen LogP contribution in [0.25, 0.3) is 0 Å². The molecular formula is C10H19NO3. The van der Waals surface area contributed by atoms with Gasteiger partial charge in [0.05, 0.1) is 6.54 Å². The van der Waals surface area contributed by atoms with Crippen molar-refractivity contribution in [2.24, 2.45) is 0 Å². The van der Waals surface area contributed by atoms with Crippen LogP contribution in [0, 0.1) is 0 Å². The monoisotopic (exact) mass is 201 g/mol. The molecule has 4 nitrogen and oxygen atoms in total. The fraction of sp³-hybridized carbons (Fsp3) is 0.800. The first-order chi connectivity index (χ1) is 6.70. The molecule has 0 saturated heterocycles. The van der Waals surface area contributed by atoms with Gasteiger partial charge < -0.3 is 10.1 Å². The van der Waals surface area contributed by atoms with Gasteiger partial charge in [-0.3, -0.25) is 9.59 Å². The minimum absolute atomic E-state index is 0.0130. The Morgan fingerprint density at radius 2 is 1.79 bits per heavy atom. The van der Waals surface area contributed by atoms with Gasteiger partial charge in [-0.2, -0.15) is 0 Å². The first kappa shape index (κ1) is 12.9. The number of carbonyl (C=O) groups is 2. The van der Waals surface area contributed by atoms with Crippen LogP contribution in [0.1, 0.15) is 39.5 Å². The molecule has 0 aromatic carbocycles. The highest BCUT2D eigenvalue weighted by molar-refractivity contribution is 5.75. The van der Waals surface area contributed by atoms with Gasteiger partial charge in [0.15, 0.2) is 0 Å². The molecule has 0 aromatic heterocycles. The van der Waals surface area contributed by atoms with Gasteiger partial charge in [0, 0.05) is 12.8 Å². The fourth-order valence-electron chi connectivity index (χ4n) is 0.947. The molecule has 0 aliphatic rings. The lowest BCUT2D eigenvalue weighted by Crippen LogP contribution is -2.27. The maximum atomic E-state index is 11.0. The molecule has 82 valence electrons. The Hall–Kier alpha value is -1.06. The largest absolute Gasteiger partial charge is 0.464 e. The second-order valence-electron chi connectivity index (χ2n) is 3.07. The van der Waals surface area contributed by atoms with Crippen LogP contribution in [0.2, 0.25) is 0 Å². The predicted molar refractivity (Wildman–Crippen MR) is 53.8 cm³/mol. The predicted octanol–water partition coefficient (Wildman–Crippen LogP) is 1.25. The average molecular weight is 201 g/mol. The summed E-state index contributed by atoms with van der Waals surface area (Å²) in [6.45, 7) is 4.55. The van der Waals surface area contributed by atoms with Crippen LogP contribution in [0.3, 0.4) is 0 Å². The van der Waals surface area contributed by atoms with E-state index >= 15 is 0 Å². The van der Waals surface area contributed by atoms with Gasteiger partial charge in [0.1, 0.15) is 6.61 Å². The molecule has 4 heteroatoms.